The van der Waals surface area contributed by atoms with Crippen LogP contribution in [0.2, 0.25) is 0 Å². The third-order valence-electron chi connectivity index (χ3n) is 2.62. The van der Waals surface area contributed by atoms with Crippen LogP contribution in [0.3, 0.4) is 0 Å². The Morgan fingerprint density at radius 2 is 2.00 bits per heavy atom. The number of hydrogen-bond donors (Lipinski definition) is 1. The first-order valence-electron chi connectivity index (χ1n) is 6.34. The van der Waals surface area contributed by atoms with Crippen LogP contribution in [-0.4, -0.2) is 26.2 Å². The van der Waals surface area contributed by atoms with E-state index >= 15 is 0 Å². The molecule has 2 aromatic rings. The Balaban J connectivity index is 2.10. The van der Waals surface area contributed by atoms with Gasteiger partial charge < -0.3 is 14.6 Å². The first-order chi connectivity index (χ1) is 9.95. The highest BCUT2D eigenvalue weighted by atomic mass is 79.9. The van der Waals surface area contributed by atoms with E-state index in [1.165, 1.54) is 6.92 Å². The highest BCUT2D eigenvalue weighted by Gasteiger charge is 2.08. The molecule has 0 saturated heterocycles. The van der Waals surface area contributed by atoms with Gasteiger partial charge in [0, 0.05) is 32.8 Å². The Bertz CT molecular complexity index is 660. The zero-order valence-electron chi connectivity index (χ0n) is 12.1. The molecule has 0 radical (unpaired) electrons. The fourth-order valence-corrected chi connectivity index (χ4v) is 2.38. The van der Waals surface area contributed by atoms with E-state index in [0.717, 1.165) is 21.7 Å². The molecule has 0 saturated carbocycles. The number of carbonyl (C=O) groups excluding carboxylic acids is 1. The van der Waals surface area contributed by atoms with E-state index in [2.05, 4.69) is 26.2 Å². The second kappa shape index (κ2) is 6.58. The smallest absolute Gasteiger partial charge is 0.221 e. The number of furan rings is 1. The van der Waals surface area contributed by atoms with Crippen LogP contribution in [-0.2, 0) is 4.79 Å². The summed E-state index contributed by atoms with van der Waals surface area (Å²) >= 11 is 3.44. The van der Waals surface area contributed by atoms with E-state index in [-0.39, 0.29) is 5.91 Å². The Morgan fingerprint density at radius 3 is 2.52 bits per heavy atom. The van der Waals surface area contributed by atoms with Gasteiger partial charge in [-0.05, 0) is 40.2 Å². The quantitative estimate of drug-likeness (QED) is 0.853. The summed E-state index contributed by atoms with van der Waals surface area (Å²) < 4.78 is 6.53. The highest BCUT2D eigenvalue weighted by Crippen LogP contribution is 2.28. The van der Waals surface area contributed by atoms with Crippen LogP contribution in [0.5, 0.6) is 0 Å². The molecule has 0 aliphatic heterocycles. The van der Waals surface area contributed by atoms with Crippen LogP contribution in [0, 0.1) is 0 Å². The predicted molar refractivity (Wildman–Crippen MR) is 88.7 cm³/mol. The molecule has 0 atom stereocenters. The van der Waals surface area contributed by atoms with Crippen LogP contribution in [0.4, 0.5) is 17.3 Å². The van der Waals surface area contributed by atoms with Gasteiger partial charge in [-0.2, -0.15) is 0 Å². The molecular weight excluding hydrogens is 334 g/mol. The molecule has 6 heteroatoms. The molecule has 0 aliphatic rings. The molecule has 21 heavy (non-hydrogen) atoms. The lowest BCUT2D eigenvalue weighted by Gasteiger charge is -2.07. The van der Waals surface area contributed by atoms with Gasteiger partial charge in [0.15, 0.2) is 0 Å². The first kappa shape index (κ1) is 15.3. The van der Waals surface area contributed by atoms with E-state index in [1.807, 2.05) is 37.2 Å². The SMILES string of the molecule is CC(=O)Nc1ccc(N=Cc2cc(Br)c(N(C)C)o2)cc1. The zero-order chi connectivity index (χ0) is 15.4. The molecule has 5 nitrogen and oxygen atoms in total. The number of amides is 1. The van der Waals surface area contributed by atoms with Crippen molar-refractivity contribution in [1.82, 2.24) is 0 Å². The van der Waals surface area contributed by atoms with Crippen LogP contribution in [0.25, 0.3) is 0 Å². The number of rotatable bonds is 4. The first-order valence-corrected chi connectivity index (χ1v) is 7.13. The van der Waals surface area contributed by atoms with Gasteiger partial charge in [-0.1, -0.05) is 0 Å². The number of nitrogens with zero attached hydrogens (tertiary/aromatic N) is 2. The van der Waals surface area contributed by atoms with Crippen LogP contribution in [0.15, 0.2) is 44.2 Å². The van der Waals surface area contributed by atoms with Crippen molar-refractivity contribution in [1.29, 1.82) is 0 Å². The molecule has 110 valence electrons. The number of nitrogens with one attached hydrogen (secondary N) is 1. The van der Waals surface area contributed by atoms with Gasteiger partial charge in [-0.3, -0.25) is 9.79 Å². The zero-order valence-corrected chi connectivity index (χ0v) is 13.6. The molecule has 0 aliphatic carbocycles. The third-order valence-corrected chi connectivity index (χ3v) is 3.19. The van der Waals surface area contributed by atoms with E-state index in [4.69, 9.17) is 4.42 Å². The van der Waals surface area contributed by atoms with Crippen LogP contribution >= 0.6 is 15.9 Å². The molecule has 2 rings (SSSR count). The minimum absolute atomic E-state index is 0.0945. The Hall–Kier alpha value is -2.08. The highest BCUT2D eigenvalue weighted by molar-refractivity contribution is 9.10. The molecule has 0 fully saturated rings. The van der Waals surface area contributed by atoms with Gasteiger partial charge in [0.25, 0.3) is 0 Å². The largest absolute Gasteiger partial charge is 0.438 e. The normalized spacial score (nSPS) is 10.9. The fourth-order valence-electron chi connectivity index (χ4n) is 1.72. The molecule has 0 unspecified atom stereocenters. The van der Waals surface area contributed by atoms with Crippen molar-refractivity contribution in [3.05, 3.63) is 40.6 Å². The molecule has 1 aromatic heterocycles. The topological polar surface area (TPSA) is 57.8 Å². The summed E-state index contributed by atoms with van der Waals surface area (Å²) in [7, 11) is 3.82. The van der Waals surface area contributed by atoms with Crippen molar-refractivity contribution in [2.45, 2.75) is 6.92 Å². The standard InChI is InChI=1S/C15H16BrN3O2/c1-10(20)18-12-6-4-11(5-7-12)17-9-13-8-14(16)15(21-13)19(2)3/h4-9H,1-3H3,(H,18,20). The Morgan fingerprint density at radius 1 is 1.33 bits per heavy atom. The van der Waals surface area contributed by atoms with Crippen LogP contribution in [0.1, 0.15) is 12.7 Å². The van der Waals surface area contributed by atoms with Crippen molar-refractivity contribution < 1.29 is 9.21 Å². The number of benzene rings is 1. The predicted octanol–water partition coefficient (Wildman–Crippen LogP) is 3.82. The van der Waals surface area contributed by atoms with Gasteiger partial charge in [-0.15, -0.1) is 0 Å². The number of carbonyl (C=O) groups is 1. The van der Waals surface area contributed by atoms with Gasteiger partial charge in [-0.25, -0.2) is 0 Å². The van der Waals surface area contributed by atoms with Crippen molar-refractivity contribution in [2.24, 2.45) is 4.99 Å². The molecular formula is C15H16BrN3O2. The number of anilines is 2. The van der Waals surface area contributed by atoms with Crippen molar-refractivity contribution >= 4 is 45.3 Å². The molecule has 1 aromatic carbocycles. The van der Waals surface area contributed by atoms with Gasteiger partial charge in [0.2, 0.25) is 11.8 Å². The van der Waals surface area contributed by atoms with Gasteiger partial charge >= 0.3 is 0 Å². The van der Waals surface area contributed by atoms with Gasteiger partial charge in [0.1, 0.15) is 5.76 Å². The number of halogens is 1. The molecule has 1 amide bonds. The van der Waals surface area contributed by atoms with E-state index in [1.54, 1.807) is 18.3 Å². The molecule has 0 spiro atoms. The number of hydrogen-bond acceptors (Lipinski definition) is 4. The summed E-state index contributed by atoms with van der Waals surface area (Å²) in [5.41, 5.74) is 1.53. The summed E-state index contributed by atoms with van der Waals surface area (Å²) in [6.07, 6.45) is 1.66. The summed E-state index contributed by atoms with van der Waals surface area (Å²) in [4.78, 5) is 17.2. The summed E-state index contributed by atoms with van der Waals surface area (Å²) in [6.45, 7) is 1.48. The summed E-state index contributed by atoms with van der Waals surface area (Å²) in [5.74, 6) is 1.32. The lowest BCUT2D eigenvalue weighted by molar-refractivity contribution is -0.114. The maximum absolute atomic E-state index is 10.9. The maximum Gasteiger partial charge on any atom is 0.221 e. The fraction of sp³-hybridized carbons (Fsp3) is 0.200. The van der Waals surface area contributed by atoms with Crippen molar-refractivity contribution in [3.8, 4) is 0 Å². The van der Waals surface area contributed by atoms with E-state index in [0.29, 0.717) is 5.76 Å². The molecule has 1 N–H and O–H groups in total. The monoisotopic (exact) mass is 349 g/mol. The minimum Gasteiger partial charge on any atom is -0.438 e. The second-order valence-electron chi connectivity index (χ2n) is 4.68. The Kier molecular flexibility index (Phi) is 4.80. The van der Waals surface area contributed by atoms with Crippen molar-refractivity contribution in [2.75, 3.05) is 24.3 Å². The van der Waals surface area contributed by atoms with Crippen molar-refractivity contribution in [3.63, 3.8) is 0 Å². The maximum atomic E-state index is 10.9. The minimum atomic E-state index is -0.0945. The van der Waals surface area contributed by atoms with Gasteiger partial charge in [0.05, 0.1) is 16.4 Å². The second-order valence-corrected chi connectivity index (χ2v) is 5.54. The lowest BCUT2D eigenvalue weighted by Crippen LogP contribution is -2.07. The average Bonchev–Trinajstić information content (AvgIpc) is 2.79. The van der Waals surface area contributed by atoms with E-state index < -0.39 is 0 Å². The summed E-state index contributed by atoms with van der Waals surface area (Å²) in [6, 6.07) is 9.12. The Labute approximate surface area is 131 Å². The summed E-state index contributed by atoms with van der Waals surface area (Å²) in [5, 5.41) is 2.71. The van der Waals surface area contributed by atoms with Crippen LogP contribution < -0.4 is 10.2 Å². The average molecular weight is 350 g/mol. The third kappa shape index (κ3) is 4.19. The molecule has 0 bridgehead atoms. The lowest BCUT2D eigenvalue weighted by atomic mass is 10.3. The molecule has 1 heterocycles. The number of aliphatic imine (C=N–C) groups is 1. The van der Waals surface area contributed by atoms with E-state index in [9.17, 15) is 4.79 Å².